The number of hydrogen-bond donors (Lipinski definition) is 3. The Balaban J connectivity index is 2.04. The molecule has 0 atom stereocenters. The summed E-state index contributed by atoms with van der Waals surface area (Å²) in [7, 11) is -3.64. The van der Waals surface area contributed by atoms with E-state index in [0.29, 0.717) is 19.9 Å². The number of nitrogens with one attached hydrogen (secondary N) is 2. The summed E-state index contributed by atoms with van der Waals surface area (Å²) in [4.78, 5) is 6.09. The number of guanidine groups is 1. The molecule has 9 heteroatoms. The molecule has 1 aromatic rings. The normalized spacial score (nSPS) is 16.4. The number of nitrogens with zero attached hydrogens (tertiary/aromatic N) is 2. The second kappa shape index (κ2) is 6.53. The van der Waals surface area contributed by atoms with Crippen molar-refractivity contribution in [2.24, 2.45) is 4.99 Å². The summed E-state index contributed by atoms with van der Waals surface area (Å²) >= 11 is 3.25. The van der Waals surface area contributed by atoms with Crippen LogP contribution >= 0.6 is 15.9 Å². The molecule has 1 aliphatic rings. The molecule has 0 spiro atoms. The lowest BCUT2D eigenvalue weighted by molar-refractivity contribution is 0.190. The maximum absolute atomic E-state index is 12.1. The van der Waals surface area contributed by atoms with Crippen LogP contribution < -0.4 is 10.0 Å². The lowest BCUT2D eigenvalue weighted by Gasteiger charge is -2.26. The molecule has 3 N–H and O–H groups in total. The van der Waals surface area contributed by atoms with Gasteiger partial charge in [-0.15, -0.1) is 0 Å². The standard InChI is InChI=1S/C11H15BrN4O3S/c12-9-1-3-10(4-2-9)20(18,19)15-11-13-7-16(5-6-17)8-14-11/h1-4,17H,5-8H2,(H2,13,14,15). The number of benzene rings is 1. The van der Waals surface area contributed by atoms with Crippen LogP contribution in [0, 0.1) is 0 Å². The molecule has 0 fully saturated rings. The second-order valence-corrected chi connectivity index (χ2v) is 6.76. The number of hydrogen-bond acceptors (Lipinski definition) is 6. The number of aliphatic imine (C=N–C) groups is 1. The Morgan fingerprint density at radius 2 is 2.10 bits per heavy atom. The van der Waals surface area contributed by atoms with E-state index in [1.807, 2.05) is 4.90 Å². The van der Waals surface area contributed by atoms with Crippen LogP contribution in [0.15, 0.2) is 38.6 Å². The Morgan fingerprint density at radius 3 is 2.65 bits per heavy atom. The van der Waals surface area contributed by atoms with Gasteiger partial charge in [-0.1, -0.05) is 15.9 Å². The summed E-state index contributed by atoms with van der Waals surface area (Å²) in [5.41, 5.74) is 0. The van der Waals surface area contributed by atoms with Gasteiger partial charge in [0.25, 0.3) is 10.0 Å². The summed E-state index contributed by atoms with van der Waals surface area (Å²) < 4.78 is 27.4. The van der Waals surface area contributed by atoms with E-state index < -0.39 is 10.0 Å². The zero-order valence-corrected chi connectivity index (χ0v) is 13.0. The van der Waals surface area contributed by atoms with E-state index in [1.54, 1.807) is 12.1 Å². The average molecular weight is 363 g/mol. The maximum Gasteiger partial charge on any atom is 0.264 e. The lowest BCUT2D eigenvalue weighted by Crippen LogP contribution is -2.50. The van der Waals surface area contributed by atoms with Gasteiger partial charge in [0.15, 0.2) is 0 Å². The van der Waals surface area contributed by atoms with Gasteiger partial charge in [-0.3, -0.25) is 4.90 Å². The number of sulfonamides is 1. The molecule has 2 rings (SSSR count). The van der Waals surface area contributed by atoms with Gasteiger partial charge < -0.3 is 10.4 Å². The molecule has 110 valence electrons. The highest BCUT2D eigenvalue weighted by Crippen LogP contribution is 2.14. The first-order chi connectivity index (χ1) is 9.51. The summed E-state index contributed by atoms with van der Waals surface area (Å²) in [5.74, 6) is 0.210. The fraction of sp³-hybridized carbons (Fsp3) is 0.364. The van der Waals surface area contributed by atoms with Crippen LogP contribution in [0.25, 0.3) is 0 Å². The predicted molar refractivity (Wildman–Crippen MR) is 78.6 cm³/mol. The van der Waals surface area contributed by atoms with Crippen molar-refractivity contribution in [2.75, 3.05) is 26.5 Å². The predicted octanol–water partition coefficient (Wildman–Crippen LogP) is -0.104. The van der Waals surface area contributed by atoms with Crippen molar-refractivity contribution in [3.8, 4) is 0 Å². The summed E-state index contributed by atoms with van der Waals surface area (Å²) in [6, 6.07) is 6.34. The van der Waals surface area contributed by atoms with Crippen molar-refractivity contribution >= 4 is 31.9 Å². The number of halogens is 1. The first-order valence-electron chi connectivity index (χ1n) is 5.91. The molecular formula is C11H15BrN4O3S. The Kier molecular flexibility index (Phi) is 4.97. The third kappa shape index (κ3) is 3.92. The van der Waals surface area contributed by atoms with Crippen molar-refractivity contribution in [1.82, 2.24) is 14.9 Å². The SMILES string of the molecule is O=S(=O)(NC1=NCN(CCO)CN1)c1ccc(Br)cc1. The van der Waals surface area contributed by atoms with Gasteiger partial charge in [-0.25, -0.2) is 18.1 Å². The summed E-state index contributed by atoms with van der Waals surface area (Å²) in [5, 5.41) is 11.7. The molecule has 7 nitrogen and oxygen atoms in total. The zero-order valence-electron chi connectivity index (χ0n) is 10.6. The Bertz CT molecular complexity index is 588. The third-order valence-electron chi connectivity index (χ3n) is 2.67. The molecule has 0 aliphatic carbocycles. The molecule has 0 bridgehead atoms. The lowest BCUT2D eigenvalue weighted by atomic mass is 10.4. The van der Waals surface area contributed by atoms with Crippen LogP contribution in [-0.2, 0) is 10.0 Å². The van der Waals surface area contributed by atoms with E-state index in [4.69, 9.17) is 5.11 Å². The van der Waals surface area contributed by atoms with Crippen molar-refractivity contribution in [3.05, 3.63) is 28.7 Å². The largest absolute Gasteiger partial charge is 0.395 e. The van der Waals surface area contributed by atoms with Gasteiger partial charge in [0.05, 0.1) is 24.8 Å². The van der Waals surface area contributed by atoms with Crippen LogP contribution in [0.3, 0.4) is 0 Å². The van der Waals surface area contributed by atoms with Crippen LogP contribution in [0.5, 0.6) is 0 Å². The number of β-amino-alcohol motifs (C(OH)–C–C–N with tert-alkyl or cyclic N) is 1. The van der Waals surface area contributed by atoms with Crippen LogP contribution in [0.1, 0.15) is 0 Å². The molecule has 1 aliphatic heterocycles. The average Bonchev–Trinajstić information content (AvgIpc) is 2.41. The van der Waals surface area contributed by atoms with Gasteiger partial charge in [-0.2, -0.15) is 0 Å². The highest BCUT2D eigenvalue weighted by atomic mass is 79.9. The van der Waals surface area contributed by atoms with Gasteiger partial charge >= 0.3 is 0 Å². The fourth-order valence-corrected chi connectivity index (χ4v) is 2.89. The molecule has 0 unspecified atom stereocenters. The van der Waals surface area contributed by atoms with E-state index in [0.717, 1.165) is 4.47 Å². The Hall–Kier alpha value is -1.16. The minimum absolute atomic E-state index is 0.0388. The zero-order chi connectivity index (χ0) is 14.6. The molecule has 20 heavy (non-hydrogen) atoms. The van der Waals surface area contributed by atoms with Crippen LogP contribution in [-0.4, -0.2) is 50.9 Å². The monoisotopic (exact) mass is 362 g/mol. The van der Waals surface area contributed by atoms with Crippen molar-refractivity contribution < 1.29 is 13.5 Å². The van der Waals surface area contributed by atoms with Gasteiger partial charge in [-0.05, 0) is 24.3 Å². The Morgan fingerprint density at radius 1 is 1.40 bits per heavy atom. The maximum atomic E-state index is 12.1. The molecule has 0 saturated carbocycles. The quantitative estimate of drug-likeness (QED) is 0.695. The minimum Gasteiger partial charge on any atom is -0.395 e. The van der Waals surface area contributed by atoms with E-state index in [9.17, 15) is 8.42 Å². The Labute approximate surface area is 125 Å². The highest BCUT2D eigenvalue weighted by Gasteiger charge is 2.19. The number of rotatable bonds is 4. The van der Waals surface area contributed by atoms with Crippen molar-refractivity contribution in [3.63, 3.8) is 0 Å². The van der Waals surface area contributed by atoms with E-state index >= 15 is 0 Å². The number of aliphatic hydroxyl groups excluding tert-OH is 1. The third-order valence-corrected chi connectivity index (χ3v) is 4.55. The van der Waals surface area contributed by atoms with Gasteiger partial charge in [0.2, 0.25) is 5.96 Å². The first kappa shape index (κ1) is 15.2. The highest BCUT2D eigenvalue weighted by molar-refractivity contribution is 9.10. The minimum atomic E-state index is -3.64. The van der Waals surface area contributed by atoms with Crippen molar-refractivity contribution in [2.45, 2.75) is 4.90 Å². The molecule has 0 amide bonds. The molecule has 0 aromatic heterocycles. The van der Waals surface area contributed by atoms with E-state index in [2.05, 4.69) is 31.0 Å². The van der Waals surface area contributed by atoms with Crippen LogP contribution in [0.4, 0.5) is 0 Å². The van der Waals surface area contributed by atoms with Gasteiger partial charge in [0, 0.05) is 11.0 Å². The van der Waals surface area contributed by atoms with E-state index in [1.165, 1.54) is 12.1 Å². The smallest absolute Gasteiger partial charge is 0.264 e. The molecule has 1 aromatic carbocycles. The topological polar surface area (TPSA) is 94.0 Å². The van der Waals surface area contributed by atoms with E-state index in [-0.39, 0.29) is 17.5 Å². The van der Waals surface area contributed by atoms with Crippen LogP contribution in [0.2, 0.25) is 0 Å². The summed E-state index contributed by atoms with van der Waals surface area (Å²) in [6.45, 7) is 1.30. The molecule has 0 radical (unpaired) electrons. The first-order valence-corrected chi connectivity index (χ1v) is 8.19. The number of aliphatic hydroxyl groups is 1. The summed E-state index contributed by atoms with van der Waals surface area (Å²) in [6.07, 6.45) is 0. The van der Waals surface area contributed by atoms with Gasteiger partial charge in [0.1, 0.15) is 0 Å². The van der Waals surface area contributed by atoms with Crippen molar-refractivity contribution in [1.29, 1.82) is 0 Å². The molecule has 1 heterocycles. The second-order valence-electron chi connectivity index (χ2n) is 4.16. The molecular weight excluding hydrogens is 348 g/mol. The molecule has 0 saturated heterocycles. The fourth-order valence-electron chi connectivity index (χ4n) is 1.62.